The van der Waals surface area contributed by atoms with Crippen molar-refractivity contribution < 1.29 is 19.1 Å². The van der Waals surface area contributed by atoms with Crippen molar-refractivity contribution in [2.45, 2.75) is 25.3 Å². The van der Waals surface area contributed by atoms with E-state index in [1.165, 1.54) is 10.2 Å². The van der Waals surface area contributed by atoms with Gasteiger partial charge in [-0.25, -0.2) is 0 Å². The molecule has 0 spiro atoms. The van der Waals surface area contributed by atoms with E-state index in [-0.39, 0.29) is 5.75 Å². The third kappa shape index (κ3) is 5.43. The summed E-state index contributed by atoms with van der Waals surface area (Å²) in [6.07, 6.45) is 12.8. The van der Waals surface area contributed by atoms with Crippen LogP contribution >= 0.6 is 23.1 Å². The first-order valence-electron chi connectivity index (χ1n) is 13.6. The monoisotopic (exact) mass is 579 g/mol. The molecule has 3 aromatic carbocycles. The van der Waals surface area contributed by atoms with Crippen LogP contribution in [0.15, 0.2) is 124 Å². The number of thioether (sulfide) groups is 1. The average Bonchev–Trinajstić information content (AvgIpc) is 3.66. The normalized spacial score (nSPS) is 16.6. The first-order valence-corrected chi connectivity index (χ1v) is 15.3. The SMILES string of the molecule is CCN1/C(=C/C=C2\C=CC(/C=C/c3sc4cc(OC)ccc4[n+]3CC)=C2Oc2ccccc2)Sc2cc(O)ccc21. The highest BCUT2D eigenvalue weighted by Crippen LogP contribution is 2.47. The van der Waals surface area contributed by atoms with Gasteiger partial charge in [0.1, 0.15) is 34.3 Å². The summed E-state index contributed by atoms with van der Waals surface area (Å²) in [5.74, 6) is 2.76. The summed E-state index contributed by atoms with van der Waals surface area (Å²) >= 11 is 3.42. The standard InChI is InChI=1S/C34H30N2O3S2/c1-4-35-28-17-15-25(37)21-30(28)40-32(35)19-13-23-11-12-24(34(23)39-26-9-7-6-8-10-26)14-20-33-36(5-2)29-18-16-27(38-3)22-31(29)41-33/h6-22H,4-5H2,1-3H3/p+1. The number of ether oxygens (including phenoxy) is 2. The number of anilines is 1. The Labute approximate surface area is 248 Å². The number of rotatable bonds is 8. The van der Waals surface area contributed by atoms with Crippen LogP contribution < -0.4 is 18.9 Å². The Kier molecular flexibility index (Phi) is 7.72. The lowest BCUT2D eigenvalue weighted by atomic mass is 10.2. The van der Waals surface area contributed by atoms with E-state index in [9.17, 15) is 5.11 Å². The first kappa shape index (κ1) is 27.0. The molecule has 0 amide bonds. The molecule has 2 aliphatic rings. The molecule has 0 unspecified atom stereocenters. The number of para-hydroxylation sites is 1. The van der Waals surface area contributed by atoms with Crippen LogP contribution in [0.5, 0.6) is 17.2 Å². The molecule has 1 aliphatic carbocycles. The summed E-state index contributed by atoms with van der Waals surface area (Å²) in [6, 6.07) is 21.7. The molecule has 7 heteroatoms. The number of methoxy groups -OCH3 is 1. The smallest absolute Gasteiger partial charge is 0.262 e. The Morgan fingerprint density at radius 3 is 2.56 bits per heavy atom. The van der Waals surface area contributed by atoms with Crippen LogP contribution in [0.3, 0.4) is 0 Å². The minimum atomic E-state index is 0.283. The molecule has 0 radical (unpaired) electrons. The molecule has 6 rings (SSSR count). The van der Waals surface area contributed by atoms with Crippen LogP contribution in [0.25, 0.3) is 16.3 Å². The fourth-order valence-electron chi connectivity index (χ4n) is 5.01. The summed E-state index contributed by atoms with van der Waals surface area (Å²) in [7, 11) is 1.70. The molecular weight excluding hydrogens is 549 g/mol. The number of aromatic nitrogens is 1. The van der Waals surface area contributed by atoms with Crippen molar-refractivity contribution in [1.82, 2.24) is 0 Å². The third-order valence-electron chi connectivity index (χ3n) is 7.03. The molecular formula is C34H31N2O3S2+. The molecule has 5 nitrogen and oxygen atoms in total. The molecule has 2 heterocycles. The molecule has 41 heavy (non-hydrogen) atoms. The fourth-order valence-corrected chi connectivity index (χ4v) is 7.33. The Morgan fingerprint density at radius 2 is 1.78 bits per heavy atom. The van der Waals surface area contributed by atoms with E-state index in [1.54, 1.807) is 36.3 Å². The van der Waals surface area contributed by atoms with Crippen molar-refractivity contribution in [1.29, 1.82) is 0 Å². The number of nitrogens with zero attached hydrogens (tertiary/aromatic N) is 2. The van der Waals surface area contributed by atoms with Crippen LogP contribution in [0.4, 0.5) is 5.69 Å². The minimum absolute atomic E-state index is 0.283. The van der Waals surface area contributed by atoms with Gasteiger partial charge in [0.15, 0.2) is 0 Å². The molecule has 4 aromatic rings. The largest absolute Gasteiger partial charge is 0.508 e. The van der Waals surface area contributed by atoms with Gasteiger partial charge in [-0.3, -0.25) is 0 Å². The molecule has 0 atom stereocenters. The van der Waals surface area contributed by atoms with Crippen molar-refractivity contribution in [2.24, 2.45) is 0 Å². The zero-order chi connectivity index (χ0) is 28.3. The van der Waals surface area contributed by atoms with Gasteiger partial charge in [0, 0.05) is 40.8 Å². The highest BCUT2D eigenvalue weighted by molar-refractivity contribution is 8.03. The maximum Gasteiger partial charge on any atom is 0.262 e. The Morgan fingerprint density at radius 1 is 0.927 bits per heavy atom. The second-order valence-electron chi connectivity index (χ2n) is 9.51. The number of thiazole rings is 1. The van der Waals surface area contributed by atoms with Crippen LogP contribution in [0, 0.1) is 0 Å². The summed E-state index contributed by atoms with van der Waals surface area (Å²) < 4.78 is 15.4. The van der Waals surface area contributed by atoms with Crippen LogP contribution in [-0.2, 0) is 6.54 Å². The highest BCUT2D eigenvalue weighted by Gasteiger charge is 2.24. The van der Waals surface area contributed by atoms with E-state index >= 15 is 0 Å². The Hall–Kier alpha value is -4.20. The van der Waals surface area contributed by atoms with Gasteiger partial charge in [-0.15, -0.1) is 0 Å². The number of aryl methyl sites for hydroxylation is 1. The van der Waals surface area contributed by atoms with Crippen molar-refractivity contribution in [2.75, 3.05) is 18.6 Å². The highest BCUT2D eigenvalue weighted by atomic mass is 32.2. The van der Waals surface area contributed by atoms with Crippen molar-refractivity contribution in [3.63, 3.8) is 0 Å². The topological polar surface area (TPSA) is 45.8 Å². The van der Waals surface area contributed by atoms with Gasteiger partial charge in [0.2, 0.25) is 5.52 Å². The summed E-state index contributed by atoms with van der Waals surface area (Å²) in [5.41, 5.74) is 4.33. The van der Waals surface area contributed by atoms with Gasteiger partial charge in [0.05, 0.1) is 17.8 Å². The number of hydrogen-bond acceptors (Lipinski definition) is 6. The average molecular weight is 580 g/mol. The zero-order valence-electron chi connectivity index (χ0n) is 23.2. The maximum absolute atomic E-state index is 9.97. The number of fused-ring (bicyclic) bond motifs is 2. The van der Waals surface area contributed by atoms with E-state index in [0.29, 0.717) is 0 Å². The van der Waals surface area contributed by atoms with Gasteiger partial charge >= 0.3 is 0 Å². The minimum Gasteiger partial charge on any atom is -0.508 e. The second-order valence-corrected chi connectivity index (χ2v) is 11.6. The van der Waals surface area contributed by atoms with E-state index in [0.717, 1.165) is 62.1 Å². The molecule has 1 N–H and O–H groups in total. The van der Waals surface area contributed by atoms with Crippen LogP contribution in [-0.4, -0.2) is 18.8 Å². The molecule has 1 aliphatic heterocycles. The van der Waals surface area contributed by atoms with Gasteiger partial charge in [-0.2, -0.15) is 4.57 Å². The summed E-state index contributed by atoms with van der Waals surface area (Å²) in [5, 5.41) is 12.2. The van der Waals surface area contributed by atoms with Gasteiger partial charge < -0.3 is 19.5 Å². The van der Waals surface area contributed by atoms with Gasteiger partial charge in [-0.1, -0.05) is 53.4 Å². The lowest BCUT2D eigenvalue weighted by molar-refractivity contribution is -0.665. The summed E-state index contributed by atoms with van der Waals surface area (Å²) in [4.78, 5) is 3.32. The van der Waals surface area contributed by atoms with E-state index in [4.69, 9.17) is 9.47 Å². The second kappa shape index (κ2) is 11.7. The third-order valence-corrected chi connectivity index (χ3v) is 9.25. The number of benzene rings is 3. The molecule has 0 fully saturated rings. The first-order chi connectivity index (χ1) is 20.1. The predicted molar refractivity (Wildman–Crippen MR) is 170 cm³/mol. The number of hydrogen-bond donors (Lipinski definition) is 1. The lowest BCUT2D eigenvalue weighted by Crippen LogP contribution is -2.33. The maximum atomic E-state index is 9.97. The van der Waals surface area contributed by atoms with Gasteiger partial charge in [-0.05, 0) is 68.5 Å². The van der Waals surface area contributed by atoms with Gasteiger partial charge in [0.25, 0.3) is 5.01 Å². The quantitative estimate of drug-likeness (QED) is 0.213. The number of phenolic OH excluding ortho intramolecular Hbond substituents is 1. The number of allylic oxidation sites excluding steroid dienone is 6. The zero-order valence-corrected chi connectivity index (χ0v) is 24.8. The van der Waals surface area contributed by atoms with Crippen molar-refractivity contribution in [3.8, 4) is 17.2 Å². The molecule has 206 valence electrons. The predicted octanol–water partition coefficient (Wildman–Crippen LogP) is 8.24. The number of phenols is 1. The molecule has 0 saturated carbocycles. The summed E-state index contributed by atoms with van der Waals surface area (Å²) in [6.45, 7) is 6.02. The number of aromatic hydroxyl groups is 1. The fraction of sp³-hybridized carbons (Fsp3) is 0.147. The lowest BCUT2D eigenvalue weighted by Gasteiger charge is -2.17. The molecule has 0 saturated heterocycles. The van der Waals surface area contributed by atoms with E-state index in [1.807, 2.05) is 48.5 Å². The molecule has 1 aromatic heterocycles. The van der Waals surface area contributed by atoms with Crippen LogP contribution in [0.2, 0.25) is 0 Å². The Bertz CT molecular complexity index is 1760. The molecule has 0 bridgehead atoms. The van der Waals surface area contributed by atoms with Crippen molar-refractivity contribution in [3.05, 3.63) is 124 Å². The van der Waals surface area contributed by atoms with Crippen molar-refractivity contribution >= 4 is 45.1 Å². The van der Waals surface area contributed by atoms with Crippen LogP contribution in [0.1, 0.15) is 18.9 Å². The van der Waals surface area contributed by atoms with E-state index in [2.05, 4.69) is 71.9 Å². The Balaban J connectivity index is 1.36. The van der Waals surface area contributed by atoms with E-state index < -0.39 is 0 Å².